The molecule has 2 aromatic rings. The highest BCUT2D eigenvalue weighted by atomic mass is 15.3. The van der Waals surface area contributed by atoms with Crippen molar-refractivity contribution in [3.8, 4) is 0 Å². The summed E-state index contributed by atoms with van der Waals surface area (Å²) in [6, 6.07) is 4.23. The third-order valence-electron chi connectivity index (χ3n) is 4.85. The van der Waals surface area contributed by atoms with Crippen LogP contribution in [-0.4, -0.2) is 41.1 Å². The minimum Gasteiger partial charge on any atom is -0.355 e. The van der Waals surface area contributed by atoms with Gasteiger partial charge in [-0.2, -0.15) is 0 Å². The second-order valence-corrected chi connectivity index (χ2v) is 6.61. The summed E-state index contributed by atoms with van der Waals surface area (Å²) in [7, 11) is 0. The maximum atomic E-state index is 4.67. The Morgan fingerprint density at radius 1 is 0.913 bits per heavy atom. The Labute approximate surface area is 137 Å². The van der Waals surface area contributed by atoms with Crippen molar-refractivity contribution in [2.24, 2.45) is 0 Å². The zero-order valence-corrected chi connectivity index (χ0v) is 13.6. The van der Waals surface area contributed by atoms with Gasteiger partial charge in [-0.1, -0.05) is 6.07 Å². The Morgan fingerprint density at radius 2 is 1.70 bits per heavy atom. The summed E-state index contributed by atoms with van der Waals surface area (Å²) < 4.78 is 0. The number of hydrogen-bond donors (Lipinski definition) is 0. The van der Waals surface area contributed by atoms with Gasteiger partial charge in [0.05, 0.1) is 5.69 Å². The topological polar surface area (TPSA) is 45.2 Å². The van der Waals surface area contributed by atoms with E-state index < -0.39 is 0 Å². The Bertz CT molecular complexity index is 657. The third kappa shape index (κ3) is 2.87. The van der Waals surface area contributed by atoms with Gasteiger partial charge in [-0.05, 0) is 37.8 Å². The van der Waals surface area contributed by atoms with E-state index in [0.29, 0.717) is 5.92 Å². The van der Waals surface area contributed by atoms with Crippen molar-refractivity contribution < 1.29 is 0 Å². The lowest BCUT2D eigenvalue weighted by molar-refractivity contribution is 0.500. The van der Waals surface area contributed by atoms with Crippen LogP contribution in [0.3, 0.4) is 0 Å². The van der Waals surface area contributed by atoms with Crippen molar-refractivity contribution in [3.63, 3.8) is 0 Å². The number of hydrogen-bond acceptors (Lipinski definition) is 5. The van der Waals surface area contributed by atoms with E-state index in [1.165, 1.54) is 24.8 Å². The summed E-state index contributed by atoms with van der Waals surface area (Å²) in [6.07, 6.45) is 9.45. The van der Waals surface area contributed by atoms with Crippen molar-refractivity contribution in [1.29, 1.82) is 0 Å². The molecule has 5 heteroatoms. The summed E-state index contributed by atoms with van der Waals surface area (Å²) in [5.41, 5.74) is 2.37. The molecule has 0 bridgehead atoms. The highest BCUT2D eigenvalue weighted by Gasteiger charge is 2.33. The molecule has 2 aliphatic heterocycles. The molecule has 0 aliphatic carbocycles. The van der Waals surface area contributed by atoms with Crippen LogP contribution in [-0.2, 0) is 0 Å². The maximum Gasteiger partial charge on any atom is 0.150 e. The van der Waals surface area contributed by atoms with Gasteiger partial charge in [-0.15, -0.1) is 0 Å². The van der Waals surface area contributed by atoms with Gasteiger partial charge in [0.15, 0.2) is 5.82 Å². The van der Waals surface area contributed by atoms with Crippen LogP contribution in [0, 0.1) is 6.92 Å². The van der Waals surface area contributed by atoms with Crippen LogP contribution in [0.25, 0.3) is 0 Å². The van der Waals surface area contributed by atoms with Gasteiger partial charge in [-0.3, -0.25) is 4.98 Å². The molecule has 120 valence electrons. The van der Waals surface area contributed by atoms with Crippen LogP contribution in [0.1, 0.15) is 36.4 Å². The fourth-order valence-corrected chi connectivity index (χ4v) is 3.46. The molecule has 23 heavy (non-hydrogen) atoms. The number of anilines is 2. The van der Waals surface area contributed by atoms with Crippen LogP contribution in [0.4, 0.5) is 11.6 Å². The number of nitrogens with zero attached hydrogens (tertiary/aromatic N) is 5. The zero-order chi connectivity index (χ0) is 15.6. The van der Waals surface area contributed by atoms with Crippen LogP contribution in [0.2, 0.25) is 0 Å². The molecule has 0 saturated carbocycles. The van der Waals surface area contributed by atoms with Crippen molar-refractivity contribution in [2.45, 2.75) is 32.1 Å². The summed E-state index contributed by atoms with van der Waals surface area (Å²) in [6.45, 7) is 6.26. The molecule has 0 unspecified atom stereocenters. The molecule has 0 amide bonds. The molecule has 0 N–H and O–H groups in total. The Morgan fingerprint density at radius 3 is 2.43 bits per heavy atom. The van der Waals surface area contributed by atoms with Gasteiger partial charge in [0, 0.05) is 50.7 Å². The van der Waals surface area contributed by atoms with Crippen LogP contribution in [0.15, 0.2) is 30.7 Å². The van der Waals surface area contributed by atoms with Gasteiger partial charge in [0.25, 0.3) is 0 Å². The molecule has 0 aromatic carbocycles. The average molecular weight is 309 g/mol. The smallest absolute Gasteiger partial charge is 0.150 e. The minimum atomic E-state index is 0.462. The molecule has 2 saturated heterocycles. The average Bonchev–Trinajstić information content (AvgIpc) is 2.57. The number of piperidine rings is 1. The molecule has 0 atom stereocenters. The van der Waals surface area contributed by atoms with E-state index in [-0.39, 0.29) is 0 Å². The number of rotatable bonds is 3. The van der Waals surface area contributed by atoms with Gasteiger partial charge in [-0.25, -0.2) is 9.97 Å². The first kappa shape index (κ1) is 14.4. The number of pyridine rings is 1. The SMILES string of the molecule is Cc1ccc(N2CC(c3nccnc3N3CCCCC3)C2)nc1. The predicted octanol–water partition coefficient (Wildman–Crippen LogP) is 2.77. The molecular formula is C18H23N5. The second kappa shape index (κ2) is 6.14. The van der Waals surface area contributed by atoms with Crippen LogP contribution < -0.4 is 9.80 Å². The lowest BCUT2D eigenvalue weighted by atomic mass is 9.95. The van der Waals surface area contributed by atoms with E-state index in [1.54, 1.807) is 0 Å². The summed E-state index contributed by atoms with van der Waals surface area (Å²) in [4.78, 5) is 18.6. The molecular weight excluding hydrogens is 286 g/mol. The van der Waals surface area contributed by atoms with E-state index in [1.807, 2.05) is 18.6 Å². The third-order valence-corrected chi connectivity index (χ3v) is 4.85. The Kier molecular flexibility index (Phi) is 3.85. The first-order valence-corrected chi connectivity index (χ1v) is 8.55. The largest absolute Gasteiger partial charge is 0.355 e. The molecule has 5 nitrogen and oxygen atoms in total. The van der Waals surface area contributed by atoms with Crippen molar-refractivity contribution in [3.05, 3.63) is 42.0 Å². The van der Waals surface area contributed by atoms with E-state index in [0.717, 1.165) is 43.5 Å². The lowest BCUT2D eigenvalue weighted by Crippen LogP contribution is -2.46. The van der Waals surface area contributed by atoms with Crippen LogP contribution >= 0.6 is 0 Å². The zero-order valence-electron chi connectivity index (χ0n) is 13.6. The van der Waals surface area contributed by atoms with Gasteiger partial charge < -0.3 is 9.80 Å². The van der Waals surface area contributed by atoms with E-state index >= 15 is 0 Å². The first-order chi connectivity index (χ1) is 11.3. The van der Waals surface area contributed by atoms with Gasteiger partial charge in [0.2, 0.25) is 0 Å². The predicted molar refractivity (Wildman–Crippen MR) is 92.0 cm³/mol. The highest BCUT2D eigenvalue weighted by molar-refractivity contribution is 5.51. The fraction of sp³-hybridized carbons (Fsp3) is 0.500. The van der Waals surface area contributed by atoms with Crippen molar-refractivity contribution in [2.75, 3.05) is 36.0 Å². The molecule has 2 fully saturated rings. The van der Waals surface area contributed by atoms with Crippen molar-refractivity contribution >= 4 is 11.6 Å². The van der Waals surface area contributed by atoms with E-state index in [9.17, 15) is 0 Å². The lowest BCUT2D eigenvalue weighted by Gasteiger charge is -2.41. The molecule has 0 radical (unpaired) electrons. The Hall–Kier alpha value is -2.17. The molecule has 2 aliphatic rings. The van der Waals surface area contributed by atoms with Crippen LogP contribution in [0.5, 0.6) is 0 Å². The molecule has 4 heterocycles. The first-order valence-electron chi connectivity index (χ1n) is 8.55. The maximum absolute atomic E-state index is 4.67. The quantitative estimate of drug-likeness (QED) is 0.872. The standard InChI is InChI=1S/C18H23N5/c1-14-5-6-16(21-11-14)23-12-15(13-23)17-18(20-8-7-19-17)22-9-3-2-4-10-22/h5-8,11,15H,2-4,9-10,12-13H2,1H3. The summed E-state index contributed by atoms with van der Waals surface area (Å²) in [5, 5.41) is 0. The van der Waals surface area contributed by atoms with Gasteiger partial charge in [0.1, 0.15) is 5.82 Å². The Balaban J connectivity index is 1.48. The monoisotopic (exact) mass is 309 g/mol. The summed E-state index contributed by atoms with van der Waals surface area (Å²) in [5.74, 6) is 2.63. The number of aromatic nitrogens is 3. The normalized spacial score (nSPS) is 18.8. The second-order valence-electron chi connectivity index (χ2n) is 6.61. The molecule has 2 aromatic heterocycles. The fourth-order valence-electron chi connectivity index (χ4n) is 3.46. The molecule has 0 spiro atoms. The van der Waals surface area contributed by atoms with E-state index in [4.69, 9.17) is 0 Å². The molecule has 4 rings (SSSR count). The number of aryl methyl sites for hydroxylation is 1. The minimum absolute atomic E-state index is 0.462. The summed E-state index contributed by atoms with van der Waals surface area (Å²) >= 11 is 0. The van der Waals surface area contributed by atoms with E-state index in [2.05, 4.69) is 43.8 Å². The van der Waals surface area contributed by atoms with Crippen molar-refractivity contribution in [1.82, 2.24) is 15.0 Å². The highest BCUT2D eigenvalue weighted by Crippen LogP contribution is 2.34. The van der Waals surface area contributed by atoms with Gasteiger partial charge >= 0.3 is 0 Å².